The molecule has 1 aromatic heterocycles. The minimum Gasteiger partial charge on any atom is -0.306 e. The summed E-state index contributed by atoms with van der Waals surface area (Å²) in [6.45, 7) is 4.01. The fourth-order valence-electron chi connectivity index (χ4n) is 3.00. The zero-order valence-corrected chi connectivity index (χ0v) is 14.6. The molecule has 26 heavy (non-hydrogen) atoms. The number of aromatic nitrogens is 2. The lowest BCUT2D eigenvalue weighted by atomic mass is 10.1. The Balaban J connectivity index is 1.76. The van der Waals surface area contributed by atoms with Gasteiger partial charge in [-0.25, -0.2) is 4.68 Å². The fraction of sp³-hybridized carbons (Fsp3) is 0.250. The van der Waals surface area contributed by atoms with Crippen LogP contribution in [0.2, 0.25) is 0 Å². The second-order valence-electron chi connectivity index (χ2n) is 6.19. The summed E-state index contributed by atoms with van der Waals surface area (Å²) in [6.07, 6.45) is -2.59. The van der Waals surface area contributed by atoms with Crippen LogP contribution in [0.1, 0.15) is 35.3 Å². The number of halogens is 3. The van der Waals surface area contributed by atoms with Crippen molar-refractivity contribution in [3.8, 4) is 5.69 Å². The quantitative estimate of drug-likeness (QED) is 0.691. The minimum atomic E-state index is -4.35. The first kappa shape index (κ1) is 18.2. The smallest absolute Gasteiger partial charge is 0.306 e. The molecule has 0 amide bonds. The lowest BCUT2D eigenvalue weighted by Crippen LogP contribution is -2.21. The van der Waals surface area contributed by atoms with Crippen LogP contribution in [-0.2, 0) is 12.7 Å². The van der Waals surface area contributed by atoms with Gasteiger partial charge in [-0.3, -0.25) is 0 Å². The third-order valence-corrected chi connectivity index (χ3v) is 4.44. The maximum atomic E-state index is 13.1. The highest BCUT2D eigenvalue weighted by molar-refractivity contribution is 5.35. The monoisotopic (exact) mass is 359 g/mol. The summed E-state index contributed by atoms with van der Waals surface area (Å²) < 4.78 is 41.2. The number of nitrogens with zero attached hydrogens (tertiary/aromatic N) is 2. The summed E-state index contributed by atoms with van der Waals surface area (Å²) in [6, 6.07) is 15.2. The standard InChI is InChI=1S/C20H20F3N3/c1-14(24-12-16-8-6-7-11-19(16)20(21,22)23)18-13-25-26(15(18)2)17-9-4-3-5-10-17/h3-11,13-14,24H,12H2,1-2H3. The number of nitrogens with one attached hydrogen (secondary N) is 1. The van der Waals surface area contributed by atoms with Gasteiger partial charge in [0.2, 0.25) is 0 Å². The van der Waals surface area contributed by atoms with Gasteiger partial charge in [-0.2, -0.15) is 18.3 Å². The molecule has 0 fully saturated rings. The van der Waals surface area contributed by atoms with E-state index >= 15 is 0 Å². The van der Waals surface area contributed by atoms with E-state index in [9.17, 15) is 13.2 Å². The Labute approximate surface area is 150 Å². The Kier molecular flexibility index (Phi) is 5.13. The molecule has 1 heterocycles. The lowest BCUT2D eigenvalue weighted by Gasteiger charge is -2.17. The SMILES string of the molecule is Cc1c(C(C)NCc2ccccc2C(F)(F)F)cnn1-c1ccccc1. The molecule has 1 atom stereocenters. The second-order valence-corrected chi connectivity index (χ2v) is 6.19. The predicted octanol–water partition coefficient (Wildman–Crippen LogP) is 5.05. The van der Waals surface area contributed by atoms with E-state index in [1.165, 1.54) is 12.1 Å². The Hall–Kier alpha value is -2.60. The van der Waals surface area contributed by atoms with Crippen molar-refractivity contribution in [2.45, 2.75) is 32.6 Å². The Bertz CT molecular complexity index is 870. The van der Waals surface area contributed by atoms with Crippen LogP contribution in [-0.4, -0.2) is 9.78 Å². The number of para-hydroxylation sites is 1. The van der Waals surface area contributed by atoms with Crippen LogP contribution in [0.5, 0.6) is 0 Å². The largest absolute Gasteiger partial charge is 0.416 e. The van der Waals surface area contributed by atoms with Gasteiger partial charge in [-0.15, -0.1) is 0 Å². The van der Waals surface area contributed by atoms with Gasteiger partial charge >= 0.3 is 6.18 Å². The minimum absolute atomic E-state index is 0.131. The number of benzene rings is 2. The zero-order chi connectivity index (χ0) is 18.7. The number of hydrogen-bond donors (Lipinski definition) is 1. The molecule has 0 bridgehead atoms. The molecule has 0 aliphatic heterocycles. The maximum absolute atomic E-state index is 13.1. The molecule has 0 saturated heterocycles. The summed E-state index contributed by atoms with van der Waals surface area (Å²) in [5.74, 6) is 0. The summed E-state index contributed by atoms with van der Waals surface area (Å²) in [5.41, 5.74) is 2.50. The van der Waals surface area contributed by atoms with Crippen molar-refractivity contribution in [1.82, 2.24) is 15.1 Å². The van der Waals surface area contributed by atoms with E-state index < -0.39 is 11.7 Å². The van der Waals surface area contributed by atoms with Crippen LogP contribution < -0.4 is 5.32 Å². The number of rotatable bonds is 5. The van der Waals surface area contributed by atoms with Gasteiger partial charge in [0.05, 0.1) is 17.4 Å². The summed E-state index contributed by atoms with van der Waals surface area (Å²) >= 11 is 0. The average Bonchev–Trinajstić information content (AvgIpc) is 3.01. The highest BCUT2D eigenvalue weighted by Crippen LogP contribution is 2.32. The van der Waals surface area contributed by atoms with Crippen LogP contribution in [0.4, 0.5) is 13.2 Å². The maximum Gasteiger partial charge on any atom is 0.416 e. The summed E-state index contributed by atoms with van der Waals surface area (Å²) in [7, 11) is 0. The number of hydrogen-bond acceptors (Lipinski definition) is 2. The summed E-state index contributed by atoms with van der Waals surface area (Å²) in [4.78, 5) is 0. The van der Waals surface area contributed by atoms with E-state index in [-0.39, 0.29) is 18.2 Å². The Morgan fingerprint density at radius 1 is 1.04 bits per heavy atom. The van der Waals surface area contributed by atoms with Crippen LogP contribution >= 0.6 is 0 Å². The van der Waals surface area contributed by atoms with E-state index in [1.807, 2.05) is 48.9 Å². The molecule has 1 unspecified atom stereocenters. The molecule has 0 radical (unpaired) electrons. The van der Waals surface area contributed by atoms with Crippen molar-refractivity contribution in [3.05, 3.63) is 83.2 Å². The van der Waals surface area contributed by atoms with E-state index in [2.05, 4.69) is 10.4 Å². The highest BCUT2D eigenvalue weighted by atomic mass is 19.4. The van der Waals surface area contributed by atoms with E-state index in [1.54, 1.807) is 12.3 Å². The van der Waals surface area contributed by atoms with Crippen molar-refractivity contribution >= 4 is 0 Å². The van der Waals surface area contributed by atoms with E-state index in [0.717, 1.165) is 23.0 Å². The van der Waals surface area contributed by atoms with Gasteiger partial charge in [0, 0.05) is 23.8 Å². The van der Waals surface area contributed by atoms with Gasteiger partial charge in [0.1, 0.15) is 0 Å². The number of alkyl halides is 3. The van der Waals surface area contributed by atoms with Crippen LogP contribution in [0, 0.1) is 6.92 Å². The van der Waals surface area contributed by atoms with Crippen molar-refractivity contribution in [2.75, 3.05) is 0 Å². The molecule has 1 N–H and O–H groups in total. The molecular formula is C20H20F3N3. The molecule has 6 heteroatoms. The normalized spacial score (nSPS) is 13.0. The van der Waals surface area contributed by atoms with Crippen LogP contribution in [0.3, 0.4) is 0 Å². The Morgan fingerprint density at radius 2 is 1.69 bits per heavy atom. The predicted molar refractivity (Wildman–Crippen MR) is 95.0 cm³/mol. The topological polar surface area (TPSA) is 29.9 Å². The summed E-state index contributed by atoms with van der Waals surface area (Å²) in [5, 5.41) is 7.60. The van der Waals surface area contributed by atoms with Crippen molar-refractivity contribution in [1.29, 1.82) is 0 Å². The first-order chi connectivity index (χ1) is 12.4. The lowest BCUT2D eigenvalue weighted by molar-refractivity contribution is -0.138. The highest BCUT2D eigenvalue weighted by Gasteiger charge is 2.32. The zero-order valence-electron chi connectivity index (χ0n) is 14.6. The van der Waals surface area contributed by atoms with E-state index in [4.69, 9.17) is 0 Å². The first-order valence-corrected chi connectivity index (χ1v) is 8.36. The second kappa shape index (κ2) is 7.33. The van der Waals surface area contributed by atoms with Crippen LogP contribution in [0.15, 0.2) is 60.8 Å². The third-order valence-electron chi connectivity index (χ3n) is 4.44. The van der Waals surface area contributed by atoms with Gasteiger partial charge in [0.25, 0.3) is 0 Å². The van der Waals surface area contributed by atoms with Crippen molar-refractivity contribution < 1.29 is 13.2 Å². The van der Waals surface area contributed by atoms with E-state index in [0.29, 0.717) is 0 Å². The van der Waals surface area contributed by atoms with Gasteiger partial charge in [-0.1, -0.05) is 36.4 Å². The Morgan fingerprint density at radius 3 is 2.38 bits per heavy atom. The molecule has 0 aliphatic carbocycles. The van der Waals surface area contributed by atoms with Crippen molar-refractivity contribution in [3.63, 3.8) is 0 Å². The molecule has 0 saturated carbocycles. The van der Waals surface area contributed by atoms with Crippen molar-refractivity contribution in [2.24, 2.45) is 0 Å². The molecule has 136 valence electrons. The molecule has 3 nitrogen and oxygen atoms in total. The molecular weight excluding hydrogens is 339 g/mol. The molecule has 2 aromatic carbocycles. The fourth-order valence-corrected chi connectivity index (χ4v) is 3.00. The third kappa shape index (κ3) is 3.80. The molecule has 0 spiro atoms. The average molecular weight is 359 g/mol. The van der Waals surface area contributed by atoms with Crippen LogP contribution in [0.25, 0.3) is 5.69 Å². The first-order valence-electron chi connectivity index (χ1n) is 8.36. The molecule has 3 rings (SSSR count). The molecule has 3 aromatic rings. The molecule has 0 aliphatic rings. The van der Waals surface area contributed by atoms with Gasteiger partial charge < -0.3 is 5.32 Å². The van der Waals surface area contributed by atoms with Gasteiger partial charge in [0.15, 0.2) is 0 Å². The van der Waals surface area contributed by atoms with Gasteiger partial charge in [-0.05, 0) is 37.6 Å².